The molecule has 1 aromatic carbocycles. The van der Waals surface area contributed by atoms with Crippen molar-refractivity contribution in [3.63, 3.8) is 0 Å². The molecule has 0 amide bonds. The van der Waals surface area contributed by atoms with Gasteiger partial charge in [-0.15, -0.1) is 0 Å². The first-order chi connectivity index (χ1) is 9.68. The van der Waals surface area contributed by atoms with E-state index in [1.54, 1.807) is 0 Å². The van der Waals surface area contributed by atoms with Gasteiger partial charge in [-0.05, 0) is 30.5 Å². The lowest BCUT2D eigenvalue weighted by Gasteiger charge is -2.22. The van der Waals surface area contributed by atoms with Gasteiger partial charge >= 0.3 is 0 Å². The number of aromatic nitrogens is 1. The highest BCUT2D eigenvalue weighted by Crippen LogP contribution is 2.30. The van der Waals surface area contributed by atoms with Crippen molar-refractivity contribution < 1.29 is 13.2 Å². The van der Waals surface area contributed by atoms with E-state index in [1.165, 1.54) is 12.3 Å². The van der Waals surface area contributed by atoms with Crippen LogP contribution in [0.4, 0.5) is 19.0 Å². The van der Waals surface area contributed by atoms with Crippen LogP contribution in [0, 0.1) is 17.5 Å². The molecule has 2 heterocycles. The summed E-state index contributed by atoms with van der Waals surface area (Å²) >= 11 is 0. The summed E-state index contributed by atoms with van der Waals surface area (Å²) in [6, 6.07) is 2.50. The van der Waals surface area contributed by atoms with Gasteiger partial charge in [0.15, 0.2) is 17.5 Å². The summed E-state index contributed by atoms with van der Waals surface area (Å²) in [5.74, 6) is -3.41. The van der Waals surface area contributed by atoms with Gasteiger partial charge in [0.2, 0.25) is 0 Å². The van der Waals surface area contributed by atoms with E-state index in [1.807, 2.05) is 4.90 Å². The Morgan fingerprint density at radius 1 is 1.10 bits per heavy atom. The summed E-state index contributed by atoms with van der Waals surface area (Å²) < 4.78 is 40.8. The third kappa shape index (κ3) is 2.20. The fraction of sp³-hybridized carbons (Fsp3) is 0.357. The number of anilines is 1. The molecule has 0 radical (unpaired) electrons. The summed E-state index contributed by atoms with van der Waals surface area (Å²) in [6.07, 6.45) is 2.39. The molecule has 1 aliphatic rings. The summed E-state index contributed by atoms with van der Waals surface area (Å²) in [4.78, 5) is 6.08. The average Bonchev–Trinajstić information content (AvgIpc) is 2.73. The lowest BCUT2D eigenvalue weighted by Crippen LogP contribution is -2.29. The molecule has 1 fully saturated rings. The molecule has 0 saturated carbocycles. The van der Waals surface area contributed by atoms with E-state index in [-0.39, 0.29) is 5.39 Å². The van der Waals surface area contributed by atoms with Crippen LogP contribution in [-0.2, 0) is 0 Å². The maximum absolute atomic E-state index is 14.1. The van der Waals surface area contributed by atoms with Gasteiger partial charge in [0.1, 0.15) is 5.82 Å². The lowest BCUT2D eigenvalue weighted by molar-refractivity contribution is 0.453. The minimum atomic E-state index is -1.44. The lowest BCUT2D eigenvalue weighted by atomic mass is 10.1. The normalized spacial score (nSPS) is 16.4. The molecule has 20 heavy (non-hydrogen) atoms. The third-order valence-corrected chi connectivity index (χ3v) is 3.51. The molecule has 1 saturated heterocycles. The van der Waals surface area contributed by atoms with Gasteiger partial charge in [-0.25, -0.2) is 18.2 Å². The van der Waals surface area contributed by atoms with Gasteiger partial charge in [0.05, 0.1) is 5.39 Å². The number of rotatable bonds is 1. The Kier molecular flexibility index (Phi) is 3.48. The van der Waals surface area contributed by atoms with Crippen LogP contribution in [0.15, 0.2) is 18.3 Å². The monoisotopic (exact) mass is 281 g/mol. The highest BCUT2D eigenvalue weighted by molar-refractivity contribution is 5.92. The second kappa shape index (κ2) is 5.28. The molecule has 3 nitrogen and oxygen atoms in total. The number of pyridine rings is 1. The number of nitrogens with one attached hydrogen (secondary N) is 1. The van der Waals surface area contributed by atoms with Crippen molar-refractivity contribution in [2.24, 2.45) is 0 Å². The zero-order chi connectivity index (χ0) is 14.1. The molecule has 1 N–H and O–H groups in total. The van der Waals surface area contributed by atoms with Crippen molar-refractivity contribution in [3.8, 4) is 0 Å². The van der Waals surface area contributed by atoms with Crippen LogP contribution in [0.25, 0.3) is 10.8 Å². The van der Waals surface area contributed by atoms with Crippen LogP contribution in [0.5, 0.6) is 0 Å². The number of halogens is 3. The first kappa shape index (κ1) is 13.2. The van der Waals surface area contributed by atoms with Crippen molar-refractivity contribution in [2.45, 2.75) is 6.42 Å². The van der Waals surface area contributed by atoms with Crippen LogP contribution >= 0.6 is 0 Å². The zero-order valence-corrected chi connectivity index (χ0v) is 10.8. The van der Waals surface area contributed by atoms with Gasteiger partial charge in [0, 0.05) is 25.8 Å². The maximum atomic E-state index is 14.1. The highest BCUT2D eigenvalue weighted by atomic mass is 19.2. The predicted molar refractivity (Wildman–Crippen MR) is 71.3 cm³/mol. The van der Waals surface area contributed by atoms with E-state index in [0.29, 0.717) is 24.3 Å². The Labute approximate surface area is 114 Å². The molecule has 0 aliphatic carbocycles. The molecule has 1 aliphatic heterocycles. The fourth-order valence-electron chi connectivity index (χ4n) is 2.52. The Morgan fingerprint density at radius 3 is 2.80 bits per heavy atom. The molecule has 3 rings (SSSR count). The van der Waals surface area contributed by atoms with Gasteiger partial charge in [0.25, 0.3) is 0 Å². The van der Waals surface area contributed by atoms with Crippen LogP contribution in [0.2, 0.25) is 0 Å². The van der Waals surface area contributed by atoms with E-state index < -0.39 is 17.5 Å². The van der Waals surface area contributed by atoms with E-state index in [2.05, 4.69) is 10.3 Å². The van der Waals surface area contributed by atoms with E-state index in [0.717, 1.165) is 25.6 Å². The second-order valence-corrected chi connectivity index (χ2v) is 4.81. The number of benzene rings is 1. The molecule has 106 valence electrons. The van der Waals surface area contributed by atoms with Crippen LogP contribution in [0.1, 0.15) is 6.42 Å². The number of fused-ring (bicyclic) bond motifs is 1. The highest BCUT2D eigenvalue weighted by Gasteiger charge is 2.20. The van der Waals surface area contributed by atoms with Crippen LogP contribution in [-0.4, -0.2) is 31.2 Å². The summed E-state index contributed by atoms with van der Waals surface area (Å²) in [7, 11) is 0. The third-order valence-electron chi connectivity index (χ3n) is 3.51. The smallest absolute Gasteiger partial charge is 0.195 e. The standard InChI is InChI=1S/C14H14F3N3/c15-10-8-9-2-4-19-14(11(9)13(17)12(10)16)20-6-1-3-18-5-7-20/h2,4,8,18H,1,3,5-7H2. The van der Waals surface area contributed by atoms with Crippen molar-refractivity contribution in [3.05, 3.63) is 35.8 Å². The Balaban J connectivity index is 2.17. The molecule has 0 spiro atoms. The van der Waals surface area contributed by atoms with Crippen molar-refractivity contribution in [1.29, 1.82) is 0 Å². The molecule has 1 aromatic heterocycles. The number of hydrogen-bond acceptors (Lipinski definition) is 3. The van der Waals surface area contributed by atoms with E-state index >= 15 is 0 Å². The van der Waals surface area contributed by atoms with E-state index in [4.69, 9.17) is 0 Å². The second-order valence-electron chi connectivity index (χ2n) is 4.81. The Hall–Kier alpha value is -1.82. The topological polar surface area (TPSA) is 28.2 Å². The summed E-state index contributed by atoms with van der Waals surface area (Å²) in [5.41, 5.74) is 0. The first-order valence-corrected chi connectivity index (χ1v) is 6.56. The molecule has 0 unspecified atom stereocenters. The zero-order valence-electron chi connectivity index (χ0n) is 10.8. The SMILES string of the molecule is Fc1cc2ccnc(N3CCCNCC3)c2c(F)c1F. The Bertz CT molecular complexity index is 637. The molecular weight excluding hydrogens is 267 g/mol. The quantitative estimate of drug-likeness (QED) is 0.814. The van der Waals surface area contributed by atoms with E-state index in [9.17, 15) is 13.2 Å². The average molecular weight is 281 g/mol. The predicted octanol–water partition coefficient (Wildman–Crippen LogP) is 2.45. The molecule has 2 aromatic rings. The van der Waals surface area contributed by atoms with Crippen LogP contribution in [0.3, 0.4) is 0 Å². The molecule has 6 heteroatoms. The summed E-state index contributed by atoms with van der Waals surface area (Å²) in [6.45, 7) is 3.00. The van der Waals surface area contributed by atoms with Gasteiger partial charge < -0.3 is 10.2 Å². The van der Waals surface area contributed by atoms with Gasteiger partial charge in [-0.1, -0.05) is 0 Å². The first-order valence-electron chi connectivity index (χ1n) is 6.56. The Morgan fingerprint density at radius 2 is 1.95 bits per heavy atom. The van der Waals surface area contributed by atoms with Crippen LogP contribution < -0.4 is 10.2 Å². The van der Waals surface area contributed by atoms with Gasteiger partial charge in [-0.3, -0.25) is 0 Å². The summed E-state index contributed by atoms with van der Waals surface area (Å²) in [5, 5.41) is 3.61. The molecule has 0 bridgehead atoms. The van der Waals surface area contributed by atoms with Crippen molar-refractivity contribution in [2.75, 3.05) is 31.1 Å². The van der Waals surface area contributed by atoms with Crippen molar-refractivity contribution in [1.82, 2.24) is 10.3 Å². The van der Waals surface area contributed by atoms with Crippen molar-refractivity contribution >= 4 is 16.6 Å². The number of hydrogen-bond donors (Lipinski definition) is 1. The maximum Gasteiger partial charge on any atom is 0.195 e. The van der Waals surface area contributed by atoms with Gasteiger partial charge in [-0.2, -0.15) is 0 Å². The fourth-order valence-corrected chi connectivity index (χ4v) is 2.52. The molecule has 0 atom stereocenters. The minimum absolute atomic E-state index is 0.0494. The minimum Gasteiger partial charge on any atom is -0.355 e. The molecular formula is C14H14F3N3. The number of nitrogens with zero attached hydrogens (tertiary/aromatic N) is 2. The largest absolute Gasteiger partial charge is 0.355 e.